The maximum atomic E-state index is 14.2. The van der Waals surface area contributed by atoms with Gasteiger partial charge < -0.3 is 19.2 Å². The van der Waals surface area contributed by atoms with E-state index in [2.05, 4.69) is 15.3 Å². The van der Waals surface area contributed by atoms with Crippen molar-refractivity contribution < 1.29 is 31.9 Å². The van der Waals surface area contributed by atoms with Gasteiger partial charge in [-0.1, -0.05) is 97.7 Å². The third kappa shape index (κ3) is 8.75. The number of aromatic nitrogens is 2. The van der Waals surface area contributed by atoms with Crippen LogP contribution in [0.25, 0.3) is 21.3 Å². The van der Waals surface area contributed by atoms with E-state index in [4.69, 9.17) is 13.9 Å². The zero-order valence-electron chi connectivity index (χ0n) is 29.3. The molecule has 53 heavy (non-hydrogen) atoms. The van der Waals surface area contributed by atoms with Crippen molar-refractivity contribution in [3.63, 3.8) is 0 Å². The first-order valence-electron chi connectivity index (χ1n) is 17.6. The van der Waals surface area contributed by atoms with Crippen LogP contribution in [-0.4, -0.2) is 48.2 Å². The smallest absolute Gasteiger partial charge is 0.307 e. The quantitative estimate of drug-likeness (QED) is 0.103. The minimum Gasteiger partial charge on any atom is -0.481 e. The van der Waals surface area contributed by atoms with Crippen molar-refractivity contribution >= 4 is 59.7 Å². The van der Waals surface area contributed by atoms with E-state index in [9.17, 15) is 18.0 Å². The molecule has 1 unspecified atom stereocenters. The van der Waals surface area contributed by atoms with Crippen LogP contribution in [0.1, 0.15) is 61.3 Å². The molecular formula is C40H40N4O7S2. The van der Waals surface area contributed by atoms with Gasteiger partial charge in [-0.25, -0.2) is 18.4 Å². The number of ether oxygens (including phenoxy) is 2. The van der Waals surface area contributed by atoms with E-state index >= 15 is 0 Å². The highest BCUT2D eigenvalue weighted by Crippen LogP contribution is 2.36. The van der Waals surface area contributed by atoms with Crippen LogP contribution in [0.15, 0.2) is 106 Å². The van der Waals surface area contributed by atoms with Gasteiger partial charge in [0.1, 0.15) is 28.3 Å². The van der Waals surface area contributed by atoms with Crippen molar-refractivity contribution in [2.75, 3.05) is 19.0 Å². The highest BCUT2D eigenvalue weighted by atomic mass is 32.2. The molecule has 0 spiro atoms. The molecule has 3 aromatic heterocycles. The van der Waals surface area contributed by atoms with Gasteiger partial charge in [-0.2, -0.15) is 4.31 Å². The van der Waals surface area contributed by atoms with E-state index in [1.165, 1.54) is 27.8 Å². The number of amides is 1. The number of anilines is 1. The summed E-state index contributed by atoms with van der Waals surface area (Å²) in [6.07, 6.45) is 4.84. The second-order valence-electron chi connectivity index (χ2n) is 13.2. The number of rotatable bonds is 15. The third-order valence-corrected chi connectivity index (χ3v) is 12.3. The first-order valence-corrected chi connectivity index (χ1v) is 19.9. The molecule has 7 rings (SSSR count). The number of esters is 1. The van der Waals surface area contributed by atoms with Crippen molar-refractivity contribution in [2.24, 2.45) is 5.92 Å². The molecule has 3 heterocycles. The monoisotopic (exact) mass is 752 g/mol. The first kappa shape index (κ1) is 36.3. The lowest BCUT2D eigenvalue weighted by Crippen LogP contribution is -2.33. The van der Waals surface area contributed by atoms with Gasteiger partial charge in [0, 0.05) is 18.0 Å². The maximum Gasteiger partial charge on any atom is 0.307 e. The number of carbonyl (C=O) groups excluding carboxylic acids is 2. The summed E-state index contributed by atoms with van der Waals surface area (Å²) < 4.78 is 46.4. The Kier molecular flexibility index (Phi) is 11.1. The van der Waals surface area contributed by atoms with E-state index in [1.807, 2.05) is 54.6 Å². The van der Waals surface area contributed by atoms with Gasteiger partial charge in [-0.15, -0.1) is 0 Å². The number of methoxy groups -OCH3 is 1. The number of carbonyl (C=O) groups is 2. The fourth-order valence-corrected chi connectivity index (χ4v) is 8.99. The standard InChI is InChI=1S/C40H40N4O7S2/c1-49-36-20-19-34-39(42-36)52-40(41-34)43-38(46)33(23-27-9-5-6-10-27)29-15-17-32(18-16-29)53(47,48)44(25-31-24-30-13-7-8-14-35(30)51-31)22-21-37(45)50-26-28-11-3-2-4-12-28/h2-4,7-8,11-20,24,27,33H,5-6,9-10,21-23,25-26H2,1H3,(H,41,43,46). The SMILES string of the molecule is COc1ccc2nc(NC(=O)C(CC3CCCC3)c3ccc(S(=O)(=O)N(CCC(=O)OCc4ccccc4)Cc4cc5ccccc5o4)cc3)sc2n1. The fourth-order valence-electron chi connectivity index (χ4n) is 6.75. The zero-order valence-corrected chi connectivity index (χ0v) is 30.9. The van der Waals surface area contributed by atoms with E-state index in [0.29, 0.717) is 50.6 Å². The lowest BCUT2D eigenvalue weighted by molar-refractivity contribution is -0.145. The Hall–Kier alpha value is -5.11. The van der Waals surface area contributed by atoms with Gasteiger partial charge >= 0.3 is 5.97 Å². The lowest BCUT2D eigenvalue weighted by Gasteiger charge is -2.23. The van der Waals surface area contributed by atoms with Crippen molar-refractivity contribution in [3.05, 3.63) is 114 Å². The number of hydrogen-bond donors (Lipinski definition) is 1. The average Bonchev–Trinajstić information content (AvgIpc) is 3.94. The molecule has 0 bridgehead atoms. The summed E-state index contributed by atoms with van der Waals surface area (Å²) in [6, 6.07) is 28.6. The second kappa shape index (κ2) is 16.3. The van der Waals surface area contributed by atoms with Crippen LogP contribution in [0.4, 0.5) is 5.13 Å². The number of nitrogens with one attached hydrogen (secondary N) is 1. The molecule has 1 fully saturated rings. The van der Waals surface area contributed by atoms with E-state index < -0.39 is 21.9 Å². The van der Waals surface area contributed by atoms with Crippen LogP contribution < -0.4 is 10.1 Å². The van der Waals surface area contributed by atoms with E-state index in [1.54, 1.807) is 37.4 Å². The molecule has 1 saturated carbocycles. The van der Waals surface area contributed by atoms with Gasteiger partial charge in [-0.3, -0.25) is 9.59 Å². The number of benzene rings is 3. The molecule has 3 aromatic carbocycles. The zero-order chi connectivity index (χ0) is 36.8. The molecule has 0 radical (unpaired) electrons. The molecule has 0 saturated heterocycles. The lowest BCUT2D eigenvalue weighted by atomic mass is 9.87. The largest absolute Gasteiger partial charge is 0.481 e. The Labute approximate surface area is 312 Å². The van der Waals surface area contributed by atoms with Gasteiger partial charge in [0.15, 0.2) is 5.13 Å². The van der Waals surface area contributed by atoms with Crippen LogP contribution in [0.2, 0.25) is 0 Å². The number of pyridine rings is 1. The molecule has 274 valence electrons. The molecule has 11 nitrogen and oxygen atoms in total. The van der Waals surface area contributed by atoms with Gasteiger partial charge in [0.2, 0.25) is 21.8 Å². The summed E-state index contributed by atoms with van der Waals surface area (Å²) in [6.45, 7) is -0.109. The van der Waals surface area contributed by atoms with Crippen LogP contribution in [0, 0.1) is 5.92 Å². The van der Waals surface area contributed by atoms with Crippen LogP contribution in [-0.2, 0) is 37.5 Å². The van der Waals surface area contributed by atoms with E-state index in [0.717, 1.165) is 36.6 Å². The summed E-state index contributed by atoms with van der Waals surface area (Å²) in [5, 5.41) is 4.28. The van der Waals surface area contributed by atoms with Crippen molar-refractivity contribution in [3.8, 4) is 5.88 Å². The Morgan fingerprint density at radius 1 is 0.962 bits per heavy atom. The fraction of sp³-hybridized carbons (Fsp3) is 0.300. The van der Waals surface area contributed by atoms with Gasteiger partial charge in [0.05, 0.1) is 30.9 Å². The minimum atomic E-state index is -4.11. The predicted molar refractivity (Wildman–Crippen MR) is 203 cm³/mol. The van der Waals surface area contributed by atoms with Crippen molar-refractivity contribution in [1.82, 2.24) is 14.3 Å². The number of hydrogen-bond acceptors (Lipinski definition) is 10. The van der Waals surface area contributed by atoms with Gasteiger partial charge in [0.25, 0.3) is 0 Å². The minimum absolute atomic E-state index is 0.0428. The Morgan fingerprint density at radius 3 is 2.47 bits per heavy atom. The normalized spacial score (nSPS) is 14.2. The molecule has 13 heteroatoms. The molecule has 1 atom stereocenters. The molecule has 6 aromatic rings. The molecule has 1 aliphatic rings. The van der Waals surface area contributed by atoms with E-state index in [-0.39, 0.29) is 36.9 Å². The summed E-state index contributed by atoms with van der Waals surface area (Å²) in [7, 11) is -2.57. The second-order valence-corrected chi connectivity index (χ2v) is 16.1. The van der Waals surface area contributed by atoms with Crippen LogP contribution in [0.3, 0.4) is 0 Å². The molecular weight excluding hydrogens is 713 g/mol. The Morgan fingerprint density at radius 2 is 1.72 bits per heavy atom. The van der Waals surface area contributed by atoms with Crippen molar-refractivity contribution in [1.29, 1.82) is 0 Å². The van der Waals surface area contributed by atoms with Crippen LogP contribution in [0.5, 0.6) is 5.88 Å². The predicted octanol–water partition coefficient (Wildman–Crippen LogP) is 8.07. The highest BCUT2D eigenvalue weighted by Gasteiger charge is 2.30. The van der Waals surface area contributed by atoms with Crippen molar-refractivity contribution in [2.45, 2.75) is 62.5 Å². The highest BCUT2D eigenvalue weighted by molar-refractivity contribution is 7.89. The summed E-state index contributed by atoms with van der Waals surface area (Å²) >= 11 is 1.27. The van der Waals surface area contributed by atoms with Crippen LogP contribution >= 0.6 is 11.3 Å². The molecule has 1 N–H and O–H groups in total. The average molecular weight is 753 g/mol. The number of nitrogens with zero attached hydrogens (tertiary/aromatic N) is 3. The number of sulfonamides is 1. The maximum absolute atomic E-state index is 14.2. The number of furan rings is 1. The summed E-state index contributed by atoms with van der Waals surface area (Å²) in [5.74, 6) is 0.0526. The first-order chi connectivity index (χ1) is 25.7. The number of para-hydroxylation sites is 1. The summed E-state index contributed by atoms with van der Waals surface area (Å²) in [4.78, 5) is 36.4. The topological polar surface area (TPSA) is 141 Å². The molecule has 1 aliphatic carbocycles. The third-order valence-electron chi connectivity index (χ3n) is 9.57. The number of fused-ring (bicyclic) bond motifs is 2. The summed E-state index contributed by atoms with van der Waals surface area (Å²) in [5.41, 5.74) is 2.84. The number of thiazole rings is 1. The molecule has 0 aliphatic heterocycles. The van der Waals surface area contributed by atoms with Gasteiger partial charge in [-0.05, 0) is 53.8 Å². The Balaban J connectivity index is 1.11. The molecule has 1 amide bonds. The Bertz CT molecular complexity index is 2270.